The fourth-order valence-corrected chi connectivity index (χ4v) is 1.98. The molecule has 2 rings (SSSR count). The molecule has 0 unspecified atom stereocenters. The number of benzene rings is 1. The minimum Gasteiger partial charge on any atom is -0.261 e. The third-order valence-corrected chi connectivity index (χ3v) is 2.83. The van der Waals surface area contributed by atoms with Crippen molar-refractivity contribution < 1.29 is 13.2 Å². The van der Waals surface area contributed by atoms with Gasteiger partial charge in [0.25, 0.3) is 0 Å². The van der Waals surface area contributed by atoms with Gasteiger partial charge in [-0.3, -0.25) is 4.98 Å². The molecule has 0 aliphatic heterocycles. The Hall–Kier alpha value is -1.84. The van der Waals surface area contributed by atoms with E-state index >= 15 is 0 Å². The lowest BCUT2D eigenvalue weighted by Gasteiger charge is -2.12. The second-order valence-corrected chi connectivity index (χ2v) is 4.17. The van der Waals surface area contributed by atoms with Crippen molar-refractivity contribution in [2.75, 3.05) is 0 Å². The van der Waals surface area contributed by atoms with Crippen LogP contribution in [0.5, 0.6) is 0 Å². The van der Waals surface area contributed by atoms with Crippen molar-refractivity contribution in [3.05, 3.63) is 53.3 Å². The van der Waals surface area contributed by atoms with Crippen molar-refractivity contribution in [2.45, 2.75) is 20.0 Å². The van der Waals surface area contributed by atoms with Crippen LogP contribution in [0, 0.1) is 13.8 Å². The van der Waals surface area contributed by atoms with Gasteiger partial charge in [0.1, 0.15) is 0 Å². The van der Waals surface area contributed by atoms with Gasteiger partial charge in [-0.05, 0) is 43.2 Å². The van der Waals surface area contributed by atoms with Crippen molar-refractivity contribution in [3.63, 3.8) is 0 Å². The molecule has 0 amide bonds. The fourth-order valence-electron chi connectivity index (χ4n) is 1.98. The molecule has 0 fully saturated rings. The van der Waals surface area contributed by atoms with Crippen molar-refractivity contribution in [1.82, 2.24) is 4.98 Å². The molecule has 0 saturated carbocycles. The quantitative estimate of drug-likeness (QED) is 0.732. The normalized spacial score (nSPS) is 11.6. The van der Waals surface area contributed by atoms with Crippen molar-refractivity contribution in [3.8, 4) is 11.1 Å². The molecule has 0 aliphatic rings. The summed E-state index contributed by atoms with van der Waals surface area (Å²) in [6, 6.07) is 7.13. The number of alkyl halides is 3. The average Bonchev–Trinajstić information content (AvgIpc) is 2.28. The Labute approximate surface area is 103 Å². The van der Waals surface area contributed by atoms with Crippen LogP contribution in [0.2, 0.25) is 0 Å². The van der Waals surface area contributed by atoms with Crippen molar-refractivity contribution in [2.24, 2.45) is 0 Å². The number of pyridine rings is 1. The Morgan fingerprint density at radius 3 is 2.39 bits per heavy atom. The first-order chi connectivity index (χ1) is 8.39. The monoisotopic (exact) mass is 251 g/mol. The minimum atomic E-state index is -4.32. The lowest BCUT2D eigenvalue weighted by atomic mass is 9.98. The molecular formula is C14H12F3N. The standard InChI is InChI=1S/C14H12F3N/c1-9-6-7-18-10(2)13(9)11-4-3-5-12(8-11)14(15,16)17/h3-8H,1-2H3. The number of hydrogen-bond acceptors (Lipinski definition) is 1. The van der Waals surface area contributed by atoms with E-state index in [1.165, 1.54) is 6.07 Å². The van der Waals surface area contributed by atoms with Gasteiger partial charge >= 0.3 is 6.18 Å². The van der Waals surface area contributed by atoms with E-state index in [0.29, 0.717) is 5.56 Å². The Bertz CT molecular complexity index is 553. The summed E-state index contributed by atoms with van der Waals surface area (Å²) in [5.74, 6) is 0. The number of aryl methyl sites for hydroxylation is 2. The molecule has 0 atom stereocenters. The molecule has 94 valence electrons. The number of nitrogens with zero attached hydrogens (tertiary/aromatic N) is 1. The van der Waals surface area contributed by atoms with Gasteiger partial charge in [0.2, 0.25) is 0 Å². The summed E-state index contributed by atoms with van der Waals surface area (Å²) < 4.78 is 38.0. The molecular weight excluding hydrogens is 239 g/mol. The Morgan fingerprint density at radius 2 is 1.78 bits per heavy atom. The van der Waals surface area contributed by atoms with Gasteiger partial charge in [0.05, 0.1) is 5.56 Å². The number of hydrogen-bond donors (Lipinski definition) is 0. The molecule has 2 aromatic rings. The maximum absolute atomic E-state index is 12.7. The minimum absolute atomic E-state index is 0.549. The number of rotatable bonds is 1. The Morgan fingerprint density at radius 1 is 1.06 bits per heavy atom. The van der Waals surface area contributed by atoms with E-state index in [4.69, 9.17) is 0 Å². The van der Waals surface area contributed by atoms with E-state index in [2.05, 4.69) is 4.98 Å². The predicted molar refractivity (Wildman–Crippen MR) is 64.1 cm³/mol. The molecule has 4 heteroatoms. The van der Waals surface area contributed by atoms with E-state index in [1.807, 2.05) is 6.92 Å². The van der Waals surface area contributed by atoms with E-state index in [0.717, 1.165) is 29.0 Å². The third-order valence-electron chi connectivity index (χ3n) is 2.83. The van der Waals surface area contributed by atoms with E-state index in [1.54, 1.807) is 25.3 Å². The predicted octanol–water partition coefficient (Wildman–Crippen LogP) is 4.38. The summed E-state index contributed by atoms with van der Waals surface area (Å²) in [6.07, 6.45) is -2.66. The molecule has 0 N–H and O–H groups in total. The molecule has 0 bridgehead atoms. The Balaban J connectivity index is 2.59. The highest BCUT2D eigenvalue weighted by molar-refractivity contribution is 5.69. The first-order valence-corrected chi connectivity index (χ1v) is 5.49. The lowest BCUT2D eigenvalue weighted by Crippen LogP contribution is -2.04. The molecule has 0 radical (unpaired) electrons. The van der Waals surface area contributed by atoms with Crippen LogP contribution in [-0.2, 0) is 6.18 Å². The van der Waals surface area contributed by atoms with Gasteiger partial charge in [-0.2, -0.15) is 13.2 Å². The number of aromatic nitrogens is 1. The van der Waals surface area contributed by atoms with Crippen LogP contribution in [0.4, 0.5) is 13.2 Å². The van der Waals surface area contributed by atoms with E-state index in [-0.39, 0.29) is 0 Å². The van der Waals surface area contributed by atoms with Crippen LogP contribution < -0.4 is 0 Å². The third kappa shape index (κ3) is 2.37. The van der Waals surface area contributed by atoms with Gasteiger partial charge in [-0.1, -0.05) is 12.1 Å². The van der Waals surface area contributed by atoms with Gasteiger partial charge < -0.3 is 0 Å². The molecule has 0 aliphatic carbocycles. The summed E-state index contributed by atoms with van der Waals surface area (Å²) in [5.41, 5.74) is 2.33. The van der Waals surface area contributed by atoms with Crippen LogP contribution in [0.3, 0.4) is 0 Å². The van der Waals surface area contributed by atoms with Gasteiger partial charge in [-0.25, -0.2) is 0 Å². The summed E-state index contributed by atoms with van der Waals surface area (Å²) in [7, 11) is 0. The van der Waals surface area contributed by atoms with Gasteiger partial charge in [0.15, 0.2) is 0 Å². The lowest BCUT2D eigenvalue weighted by molar-refractivity contribution is -0.137. The first-order valence-electron chi connectivity index (χ1n) is 5.49. The summed E-state index contributed by atoms with van der Waals surface area (Å²) in [5, 5.41) is 0. The van der Waals surface area contributed by atoms with Crippen LogP contribution in [0.15, 0.2) is 36.5 Å². The summed E-state index contributed by atoms with van der Waals surface area (Å²) in [4.78, 5) is 4.13. The Kier molecular flexibility index (Phi) is 3.11. The van der Waals surface area contributed by atoms with Crippen LogP contribution in [0.25, 0.3) is 11.1 Å². The maximum atomic E-state index is 12.7. The molecule has 1 aromatic heterocycles. The largest absolute Gasteiger partial charge is 0.416 e. The first kappa shape index (κ1) is 12.6. The van der Waals surface area contributed by atoms with E-state index in [9.17, 15) is 13.2 Å². The highest BCUT2D eigenvalue weighted by Gasteiger charge is 2.30. The smallest absolute Gasteiger partial charge is 0.261 e. The molecule has 1 aromatic carbocycles. The molecule has 18 heavy (non-hydrogen) atoms. The SMILES string of the molecule is Cc1ccnc(C)c1-c1cccc(C(F)(F)F)c1. The van der Waals surface area contributed by atoms with Crippen LogP contribution in [-0.4, -0.2) is 4.98 Å². The second kappa shape index (κ2) is 4.44. The number of halogens is 3. The molecule has 1 heterocycles. The topological polar surface area (TPSA) is 12.9 Å². The molecule has 1 nitrogen and oxygen atoms in total. The van der Waals surface area contributed by atoms with E-state index < -0.39 is 11.7 Å². The highest BCUT2D eigenvalue weighted by Crippen LogP contribution is 2.33. The van der Waals surface area contributed by atoms with Crippen LogP contribution >= 0.6 is 0 Å². The zero-order valence-corrected chi connectivity index (χ0v) is 10.0. The van der Waals surface area contributed by atoms with Crippen LogP contribution in [0.1, 0.15) is 16.8 Å². The zero-order chi connectivity index (χ0) is 13.3. The van der Waals surface area contributed by atoms with Gasteiger partial charge in [0, 0.05) is 17.5 Å². The summed E-state index contributed by atoms with van der Waals surface area (Å²) in [6.45, 7) is 3.66. The van der Waals surface area contributed by atoms with Gasteiger partial charge in [-0.15, -0.1) is 0 Å². The second-order valence-electron chi connectivity index (χ2n) is 4.17. The maximum Gasteiger partial charge on any atom is 0.416 e. The van der Waals surface area contributed by atoms with Crippen molar-refractivity contribution >= 4 is 0 Å². The fraction of sp³-hybridized carbons (Fsp3) is 0.214. The average molecular weight is 251 g/mol. The van der Waals surface area contributed by atoms with Crippen molar-refractivity contribution in [1.29, 1.82) is 0 Å². The molecule has 0 spiro atoms. The highest BCUT2D eigenvalue weighted by atomic mass is 19.4. The summed E-state index contributed by atoms with van der Waals surface area (Å²) >= 11 is 0. The molecule has 0 saturated heterocycles. The zero-order valence-electron chi connectivity index (χ0n) is 10.0.